The first-order valence-corrected chi connectivity index (χ1v) is 13.2. The number of carbonyl (C=O) groups is 1. The Morgan fingerprint density at radius 1 is 1.00 bits per heavy atom. The highest BCUT2D eigenvalue weighted by Crippen LogP contribution is 2.33. The molecule has 0 saturated heterocycles. The van der Waals surface area contributed by atoms with E-state index >= 15 is 0 Å². The lowest BCUT2D eigenvalue weighted by molar-refractivity contribution is 0.0950. The topological polar surface area (TPSA) is 51.2 Å². The summed E-state index contributed by atoms with van der Waals surface area (Å²) in [6, 6.07) is 25.7. The highest BCUT2D eigenvalue weighted by Gasteiger charge is 2.16. The molecule has 187 valence electrons. The number of benzene rings is 3. The summed E-state index contributed by atoms with van der Waals surface area (Å²) in [6.45, 7) is 0.763. The van der Waals surface area contributed by atoms with E-state index in [1.807, 2.05) is 66.7 Å². The van der Waals surface area contributed by atoms with Crippen molar-refractivity contribution in [2.24, 2.45) is 0 Å². The molecule has 1 unspecified atom stereocenters. The van der Waals surface area contributed by atoms with Gasteiger partial charge in [-0.15, -0.1) is 0 Å². The maximum Gasteiger partial charge on any atom is 0.251 e. The number of hydrogen-bond donors (Lipinski definition) is 1. The lowest BCUT2D eigenvalue weighted by Gasteiger charge is -2.21. The average Bonchev–Trinajstić information content (AvgIpc) is 2.96. The molecule has 1 aromatic heterocycles. The maximum absolute atomic E-state index is 12.9. The van der Waals surface area contributed by atoms with Gasteiger partial charge in [-0.05, 0) is 95.5 Å². The van der Waals surface area contributed by atoms with Crippen LogP contribution >= 0.6 is 11.6 Å². The van der Waals surface area contributed by atoms with Crippen LogP contribution in [0.4, 0.5) is 0 Å². The first kappa shape index (κ1) is 25.0. The van der Waals surface area contributed by atoms with E-state index in [4.69, 9.17) is 16.3 Å². The zero-order valence-corrected chi connectivity index (χ0v) is 21.5. The third-order valence-electron chi connectivity index (χ3n) is 6.82. The molecular formula is C32H30ClN2O2. The fraction of sp³-hybridized carbons (Fsp3) is 0.219. The normalized spacial score (nSPS) is 13.8. The third kappa shape index (κ3) is 6.58. The number of hydrogen-bond acceptors (Lipinski definition) is 3. The minimum Gasteiger partial charge on any atom is -0.489 e. The van der Waals surface area contributed by atoms with Gasteiger partial charge in [-0.2, -0.15) is 0 Å². The monoisotopic (exact) mass is 509 g/mol. The van der Waals surface area contributed by atoms with E-state index in [9.17, 15) is 4.79 Å². The lowest BCUT2D eigenvalue weighted by atomic mass is 9.84. The summed E-state index contributed by atoms with van der Waals surface area (Å²) in [5.41, 5.74) is 5.85. The van der Waals surface area contributed by atoms with E-state index in [0.717, 1.165) is 28.0 Å². The van der Waals surface area contributed by atoms with Gasteiger partial charge in [0.25, 0.3) is 5.91 Å². The molecule has 37 heavy (non-hydrogen) atoms. The quantitative estimate of drug-likeness (QED) is 0.264. The van der Waals surface area contributed by atoms with Gasteiger partial charge in [-0.3, -0.25) is 9.78 Å². The first-order chi connectivity index (χ1) is 18.2. The molecule has 0 spiro atoms. The van der Waals surface area contributed by atoms with Gasteiger partial charge in [-0.25, -0.2) is 0 Å². The predicted molar refractivity (Wildman–Crippen MR) is 149 cm³/mol. The molecular weight excluding hydrogens is 480 g/mol. The number of carbonyl (C=O) groups excluding carboxylic acids is 1. The second kappa shape index (κ2) is 12.1. The second-order valence-corrected chi connectivity index (χ2v) is 9.84. The van der Waals surface area contributed by atoms with Gasteiger partial charge in [0.2, 0.25) is 0 Å². The van der Waals surface area contributed by atoms with Gasteiger partial charge in [-0.1, -0.05) is 60.8 Å². The molecule has 0 aliphatic heterocycles. The Labute approximate surface area is 223 Å². The first-order valence-electron chi connectivity index (χ1n) is 12.8. The Bertz CT molecular complexity index is 1320. The van der Waals surface area contributed by atoms with Gasteiger partial charge < -0.3 is 10.1 Å². The summed E-state index contributed by atoms with van der Waals surface area (Å²) in [7, 11) is 0. The Kier molecular flexibility index (Phi) is 8.17. The number of pyridine rings is 1. The van der Waals surface area contributed by atoms with Gasteiger partial charge in [0.05, 0.1) is 0 Å². The van der Waals surface area contributed by atoms with Crippen molar-refractivity contribution in [1.29, 1.82) is 0 Å². The van der Waals surface area contributed by atoms with Crippen molar-refractivity contribution in [2.75, 3.05) is 0 Å². The van der Waals surface area contributed by atoms with Crippen LogP contribution < -0.4 is 10.1 Å². The standard InChI is InChI=1S/C32H30ClN2O2/c33-29-13-8-26(9-14-29)31-17-12-27(32(36)35-21-23-5-4-18-34-20-23)19-28(31)22-37-30-15-10-25(11-16-30)24-6-2-1-3-7-24/h4-6,8-20,24H,1-3,7,21-22H2,(H,35,36). The molecule has 1 saturated carbocycles. The molecule has 1 aliphatic carbocycles. The maximum atomic E-state index is 12.9. The van der Waals surface area contributed by atoms with Gasteiger partial charge in [0, 0.05) is 29.5 Å². The molecule has 4 nitrogen and oxygen atoms in total. The van der Waals surface area contributed by atoms with E-state index in [1.54, 1.807) is 12.4 Å². The molecule has 1 N–H and O–H groups in total. The molecule has 5 rings (SSSR count). The summed E-state index contributed by atoms with van der Waals surface area (Å²) in [6.07, 6.45) is 10.9. The van der Waals surface area contributed by atoms with Crippen molar-refractivity contribution < 1.29 is 9.53 Å². The zero-order valence-electron chi connectivity index (χ0n) is 20.7. The van der Waals surface area contributed by atoms with Crippen LogP contribution in [0.25, 0.3) is 11.1 Å². The lowest BCUT2D eigenvalue weighted by Crippen LogP contribution is -2.23. The third-order valence-corrected chi connectivity index (χ3v) is 7.07. The Morgan fingerprint density at radius 3 is 2.57 bits per heavy atom. The number of halogens is 1. The van der Waals surface area contributed by atoms with Crippen LogP contribution in [0.15, 0.2) is 91.3 Å². The number of aromatic nitrogens is 1. The summed E-state index contributed by atoms with van der Waals surface area (Å²) in [4.78, 5) is 17.0. The number of rotatable bonds is 8. The molecule has 1 fully saturated rings. The molecule has 3 aromatic carbocycles. The van der Waals surface area contributed by atoms with Crippen LogP contribution in [0.5, 0.6) is 5.75 Å². The second-order valence-electron chi connectivity index (χ2n) is 9.41. The van der Waals surface area contributed by atoms with Crippen molar-refractivity contribution in [3.8, 4) is 16.9 Å². The number of nitrogens with one attached hydrogen (secondary N) is 1. The Balaban J connectivity index is 1.33. The molecule has 1 radical (unpaired) electrons. The predicted octanol–water partition coefficient (Wildman–Crippen LogP) is 7.77. The van der Waals surface area contributed by atoms with Crippen LogP contribution in [0, 0.1) is 6.42 Å². The van der Waals surface area contributed by atoms with E-state index in [2.05, 4.69) is 28.9 Å². The Hall–Kier alpha value is -3.63. The molecule has 1 aliphatic rings. The van der Waals surface area contributed by atoms with E-state index in [-0.39, 0.29) is 5.91 Å². The number of ether oxygens (including phenoxy) is 1. The SMILES string of the molecule is O=C(NCc1cccnc1)c1ccc(-c2ccc(Cl)cc2)c(COc2ccc(C3[CH]CCCC3)cc2)c1. The van der Waals surface area contributed by atoms with Crippen molar-refractivity contribution in [3.63, 3.8) is 0 Å². The number of amides is 1. The largest absolute Gasteiger partial charge is 0.489 e. The molecule has 0 bridgehead atoms. The summed E-state index contributed by atoms with van der Waals surface area (Å²) < 4.78 is 6.21. The van der Waals surface area contributed by atoms with Crippen molar-refractivity contribution in [3.05, 3.63) is 125 Å². The summed E-state index contributed by atoms with van der Waals surface area (Å²) in [5.74, 6) is 1.22. The van der Waals surface area contributed by atoms with Crippen LogP contribution in [0.2, 0.25) is 5.02 Å². The van der Waals surface area contributed by atoms with Crippen molar-refractivity contribution in [2.45, 2.75) is 44.8 Å². The highest BCUT2D eigenvalue weighted by molar-refractivity contribution is 6.30. The van der Waals surface area contributed by atoms with Gasteiger partial charge >= 0.3 is 0 Å². The van der Waals surface area contributed by atoms with Crippen molar-refractivity contribution in [1.82, 2.24) is 10.3 Å². The molecule has 1 atom stereocenters. The number of nitrogens with zero attached hydrogens (tertiary/aromatic N) is 1. The molecule has 4 aromatic rings. The van der Waals surface area contributed by atoms with E-state index < -0.39 is 0 Å². The fourth-order valence-electron chi connectivity index (χ4n) is 4.77. The van der Waals surface area contributed by atoms with Crippen LogP contribution in [-0.2, 0) is 13.2 Å². The van der Waals surface area contributed by atoms with Gasteiger partial charge in [0.15, 0.2) is 0 Å². The average molecular weight is 510 g/mol. The van der Waals surface area contributed by atoms with Crippen molar-refractivity contribution >= 4 is 17.5 Å². The molecule has 1 heterocycles. The zero-order chi connectivity index (χ0) is 25.5. The Morgan fingerprint density at radius 2 is 1.84 bits per heavy atom. The highest BCUT2D eigenvalue weighted by atomic mass is 35.5. The summed E-state index contributed by atoms with van der Waals surface area (Å²) in [5, 5.41) is 3.66. The summed E-state index contributed by atoms with van der Waals surface area (Å²) >= 11 is 6.12. The van der Waals surface area contributed by atoms with Crippen LogP contribution in [0.1, 0.15) is 58.6 Å². The van der Waals surface area contributed by atoms with Crippen LogP contribution in [-0.4, -0.2) is 10.9 Å². The fourth-order valence-corrected chi connectivity index (χ4v) is 4.90. The smallest absolute Gasteiger partial charge is 0.251 e. The minimum atomic E-state index is -0.138. The van der Waals surface area contributed by atoms with E-state index in [0.29, 0.717) is 29.7 Å². The molecule has 5 heteroatoms. The molecule has 1 amide bonds. The van der Waals surface area contributed by atoms with Gasteiger partial charge in [0.1, 0.15) is 12.4 Å². The van der Waals surface area contributed by atoms with Crippen LogP contribution in [0.3, 0.4) is 0 Å². The van der Waals surface area contributed by atoms with E-state index in [1.165, 1.54) is 31.2 Å². The minimum absolute atomic E-state index is 0.138.